The molecule has 0 aliphatic carbocycles. The number of non-ortho nitro benzene ring substituents is 1. The van der Waals surface area contributed by atoms with Crippen molar-refractivity contribution in [2.45, 2.75) is 45.8 Å². The van der Waals surface area contributed by atoms with Crippen LogP contribution in [0.1, 0.15) is 44.5 Å². The Labute approximate surface area is 128 Å². The van der Waals surface area contributed by atoms with Crippen LogP contribution in [0.5, 0.6) is 0 Å². The third-order valence-electron chi connectivity index (χ3n) is 2.76. The fourth-order valence-electron chi connectivity index (χ4n) is 1.78. The van der Waals surface area contributed by atoms with Crippen molar-refractivity contribution in [1.82, 2.24) is 5.32 Å². The minimum atomic E-state index is -0.795. The number of Topliss-reactive ketones (excluding diaryl/α,β-unsaturated/α-hetero) is 1. The zero-order valence-electron chi connectivity index (χ0n) is 13.1. The van der Waals surface area contributed by atoms with Crippen molar-refractivity contribution < 1.29 is 19.2 Å². The van der Waals surface area contributed by atoms with Crippen molar-refractivity contribution >= 4 is 17.6 Å². The Kier molecular flexibility index (Phi) is 5.62. The topological polar surface area (TPSA) is 98.5 Å². The van der Waals surface area contributed by atoms with E-state index in [1.165, 1.54) is 24.3 Å². The predicted octanol–water partition coefficient (Wildman–Crippen LogP) is 3.08. The van der Waals surface area contributed by atoms with Crippen LogP contribution in [0.4, 0.5) is 10.5 Å². The van der Waals surface area contributed by atoms with Gasteiger partial charge in [0.2, 0.25) is 0 Å². The monoisotopic (exact) mass is 308 g/mol. The Bertz CT molecular complexity index is 578. The van der Waals surface area contributed by atoms with E-state index in [9.17, 15) is 19.7 Å². The summed E-state index contributed by atoms with van der Waals surface area (Å²) in [6.07, 6.45) is -0.348. The average molecular weight is 308 g/mol. The molecule has 0 aliphatic rings. The molecule has 1 rings (SSSR count). The van der Waals surface area contributed by atoms with Gasteiger partial charge in [-0.15, -0.1) is 0 Å². The largest absolute Gasteiger partial charge is 0.444 e. The quantitative estimate of drug-likeness (QED) is 0.512. The SMILES string of the molecule is CCC(NC(=O)OC(C)(C)C)C(=O)c1cccc([N+](=O)[O-])c1. The minimum absolute atomic E-state index is 0.169. The highest BCUT2D eigenvalue weighted by Gasteiger charge is 2.24. The summed E-state index contributed by atoms with van der Waals surface area (Å²) < 4.78 is 5.11. The number of rotatable bonds is 5. The van der Waals surface area contributed by atoms with Crippen molar-refractivity contribution in [3.63, 3.8) is 0 Å². The summed E-state index contributed by atoms with van der Waals surface area (Å²) in [5, 5.41) is 13.2. The molecule has 22 heavy (non-hydrogen) atoms. The molecule has 0 heterocycles. The third-order valence-corrected chi connectivity index (χ3v) is 2.76. The molecule has 1 atom stereocenters. The lowest BCUT2D eigenvalue weighted by Gasteiger charge is -2.22. The Balaban J connectivity index is 2.86. The zero-order chi connectivity index (χ0) is 16.9. The van der Waals surface area contributed by atoms with Gasteiger partial charge in [-0.3, -0.25) is 14.9 Å². The lowest BCUT2D eigenvalue weighted by molar-refractivity contribution is -0.384. The van der Waals surface area contributed by atoms with Gasteiger partial charge in [0.05, 0.1) is 11.0 Å². The van der Waals surface area contributed by atoms with Crippen LogP contribution in [-0.2, 0) is 4.74 Å². The molecule has 120 valence electrons. The van der Waals surface area contributed by atoms with E-state index in [1.54, 1.807) is 27.7 Å². The zero-order valence-corrected chi connectivity index (χ0v) is 13.1. The van der Waals surface area contributed by atoms with E-state index in [0.29, 0.717) is 6.42 Å². The first-order valence-electron chi connectivity index (χ1n) is 6.92. The number of nitrogens with one attached hydrogen (secondary N) is 1. The number of carbonyl (C=O) groups is 2. The second kappa shape index (κ2) is 7.02. The number of nitro benzene ring substituents is 1. The summed E-state index contributed by atoms with van der Waals surface area (Å²) in [7, 11) is 0. The lowest BCUT2D eigenvalue weighted by atomic mass is 10.0. The van der Waals surface area contributed by atoms with Crippen molar-refractivity contribution in [2.75, 3.05) is 0 Å². The van der Waals surface area contributed by atoms with E-state index < -0.39 is 28.4 Å². The molecule has 0 bridgehead atoms. The van der Waals surface area contributed by atoms with Gasteiger partial charge in [0.25, 0.3) is 5.69 Å². The van der Waals surface area contributed by atoms with Crippen molar-refractivity contribution in [3.8, 4) is 0 Å². The Morgan fingerprint density at radius 3 is 2.50 bits per heavy atom. The van der Waals surface area contributed by atoms with Gasteiger partial charge < -0.3 is 10.1 Å². The highest BCUT2D eigenvalue weighted by molar-refractivity contribution is 6.01. The first kappa shape index (κ1) is 17.6. The molecule has 0 spiro atoms. The van der Waals surface area contributed by atoms with Crippen LogP contribution in [0.3, 0.4) is 0 Å². The average Bonchev–Trinajstić information content (AvgIpc) is 2.42. The summed E-state index contributed by atoms with van der Waals surface area (Å²) in [5.41, 5.74) is -0.660. The maximum atomic E-state index is 12.4. The number of hydrogen-bond acceptors (Lipinski definition) is 5. The number of alkyl carbamates (subject to hydrolysis) is 1. The minimum Gasteiger partial charge on any atom is -0.444 e. The maximum absolute atomic E-state index is 12.4. The molecule has 7 nitrogen and oxygen atoms in total. The van der Waals surface area contributed by atoms with Gasteiger partial charge in [-0.2, -0.15) is 0 Å². The number of benzene rings is 1. The van der Waals surface area contributed by atoms with Gasteiger partial charge in [-0.1, -0.05) is 19.1 Å². The summed E-state index contributed by atoms with van der Waals surface area (Å²) in [4.78, 5) is 34.3. The first-order valence-corrected chi connectivity index (χ1v) is 6.92. The molecule has 1 aromatic rings. The number of nitro groups is 1. The lowest BCUT2D eigenvalue weighted by Crippen LogP contribution is -2.43. The fourth-order valence-corrected chi connectivity index (χ4v) is 1.78. The highest BCUT2D eigenvalue weighted by Crippen LogP contribution is 2.16. The van der Waals surface area contributed by atoms with Gasteiger partial charge in [0.1, 0.15) is 5.60 Å². The molecule has 1 amide bonds. The predicted molar refractivity (Wildman–Crippen MR) is 80.9 cm³/mol. The van der Waals surface area contributed by atoms with Gasteiger partial charge in [-0.05, 0) is 27.2 Å². The number of amides is 1. The number of ether oxygens (including phenoxy) is 1. The molecule has 0 saturated heterocycles. The Morgan fingerprint density at radius 2 is 2.00 bits per heavy atom. The van der Waals surface area contributed by atoms with Gasteiger partial charge >= 0.3 is 6.09 Å². The molecule has 1 N–H and O–H groups in total. The smallest absolute Gasteiger partial charge is 0.408 e. The van der Waals surface area contributed by atoms with Crippen LogP contribution in [0, 0.1) is 10.1 Å². The van der Waals surface area contributed by atoms with E-state index in [4.69, 9.17) is 4.74 Å². The molecule has 0 aliphatic heterocycles. The van der Waals surface area contributed by atoms with Crippen LogP contribution in [0.15, 0.2) is 24.3 Å². The van der Waals surface area contributed by atoms with E-state index in [-0.39, 0.29) is 11.3 Å². The van der Waals surface area contributed by atoms with Crippen LogP contribution >= 0.6 is 0 Å². The molecule has 0 aromatic heterocycles. The van der Waals surface area contributed by atoms with Crippen LogP contribution in [0.2, 0.25) is 0 Å². The normalized spacial score (nSPS) is 12.4. The van der Waals surface area contributed by atoms with Crippen LogP contribution < -0.4 is 5.32 Å². The Morgan fingerprint density at radius 1 is 1.36 bits per heavy atom. The van der Waals surface area contributed by atoms with Crippen molar-refractivity contribution in [1.29, 1.82) is 0 Å². The van der Waals surface area contributed by atoms with E-state index in [0.717, 1.165) is 0 Å². The van der Waals surface area contributed by atoms with E-state index in [2.05, 4.69) is 5.32 Å². The number of ketones is 1. The number of nitrogens with zero attached hydrogens (tertiary/aromatic N) is 1. The number of carbonyl (C=O) groups excluding carboxylic acids is 2. The van der Waals surface area contributed by atoms with E-state index in [1.807, 2.05) is 0 Å². The summed E-state index contributed by atoms with van der Waals surface area (Å²) in [6.45, 7) is 6.89. The van der Waals surface area contributed by atoms with Crippen LogP contribution in [-0.4, -0.2) is 28.4 Å². The van der Waals surface area contributed by atoms with Crippen LogP contribution in [0.25, 0.3) is 0 Å². The number of hydrogen-bond donors (Lipinski definition) is 1. The summed E-state index contributed by atoms with van der Waals surface area (Å²) in [5.74, 6) is -0.392. The van der Waals surface area contributed by atoms with Crippen molar-refractivity contribution in [2.24, 2.45) is 0 Å². The fraction of sp³-hybridized carbons (Fsp3) is 0.467. The third kappa shape index (κ3) is 5.16. The molecule has 7 heteroatoms. The molecular formula is C15H20N2O5. The first-order chi connectivity index (χ1) is 10.1. The van der Waals surface area contributed by atoms with Gasteiger partial charge in [-0.25, -0.2) is 4.79 Å². The summed E-state index contributed by atoms with van der Waals surface area (Å²) in [6, 6.07) is 4.62. The molecule has 0 saturated carbocycles. The second-order valence-corrected chi connectivity index (χ2v) is 5.78. The molecular weight excluding hydrogens is 288 g/mol. The van der Waals surface area contributed by atoms with Crippen molar-refractivity contribution in [3.05, 3.63) is 39.9 Å². The van der Waals surface area contributed by atoms with Gasteiger partial charge in [0.15, 0.2) is 5.78 Å². The summed E-state index contributed by atoms with van der Waals surface area (Å²) >= 11 is 0. The van der Waals surface area contributed by atoms with E-state index >= 15 is 0 Å². The molecule has 1 unspecified atom stereocenters. The highest BCUT2D eigenvalue weighted by atomic mass is 16.6. The Hall–Kier alpha value is -2.44. The molecule has 0 fully saturated rings. The van der Waals surface area contributed by atoms with Gasteiger partial charge in [0, 0.05) is 17.7 Å². The maximum Gasteiger partial charge on any atom is 0.408 e. The molecule has 1 aromatic carbocycles. The molecule has 0 radical (unpaired) electrons. The standard InChI is InChI=1S/C15H20N2O5/c1-5-12(16-14(19)22-15(2,3)4)13(18)10-7-6-8-11(9-10)17(20)21/h6-9,12H,5H2,1-4H3,(H,16,19). The second-order valence-electron chi connectivity index (χ2n) is 5.78.